The smallest absolute Gasteiger partial charge is 0.120 e. The van der Waals surface area contributed by atoms with Gasteiger partial charge in [0.15, 0.2) is 0 Å². The first kappa shape index (κ1) is 12.8. The van der Waals surface area contributed by atoms with E-state index in [4.69, 9.17) is 9.84 Å². The van der Waals surface area contributed by atoms with Crippen LogP contribution in [0.5, 0.6) is 11.5 Å². The minimum Gasteiger partial charge on any atom is -0.508 e. The van der Waals surface area contributed by atoms with Crippen LogP contribution in [0.3, 0.4) is 0 Å². The summed E-state index contributed by atoms with van der Waals surface area (Å²) in [5, 5.41) is 18.5. The fourth-order valence-electron chi connectivity index (χ4n) is 1.49. The number of aliphatic hydroxyl groups excluding tert-OH is 1. The second-order valence-corrected chi connectivity index (χ2v) is 3.68. The zero-order valence-corrected chi connectivity index (χ0v) is 9.81. The number of likely N-dealkylation sites (N-methyl/N-ethyl adjacent to an activating group) is 1. The van der Waals surface area contributed by atoms with Gasteiger partial charge in [-0.1, -0.05) is 0 Å². The number of phenolic OH excluding ortho intramolecular Hbond substituents is 1. The van der Waals surface area contributed by atoms with Gasteiger partial charge in [-0.15, -0.1) is 0 Å². The summed E-state index contributed by atoms with van der Waals surface area (Å²) < 4.78 is 5.36. The molecule has 0 fully saturated rings. The first-order valence-corrected chi connectivity index (χ1v) is 5.41. The molecule has 0 spiro atoms. The molecule has 4 nitrogen and oxygen atoms in total. The summed E-state index contributed by atoms with van der Waals surface area (Å²) in [6, 6.07) is 5.20. The van der Waals surface area contributed by atoms with E-state index in [1.54, 1.807) is 12.1 Å². The highest BCUT2D eigenvalue weighted by Gasteiger charge is 2.06. The molecule has 0 amide bonds. The third-order valence-corrected chi connectivity index (χ3v) is 2.28. The topological polar surface area (TPSA) is 52.9 Å². The SMILES string of the molecule is CCOc1ccc(O)c(CN(C)CCO)c1. The van der Waals surface area contributed by atoms with Crippen molar-refractivity contribution >= 4 is 0 Å². The van der Waals surface area contributed by atoms with E-state index in [2.05, 4.69) is 0 Å². The molecule has 0 aromatic heterocycles. The molecule has 1 rings (SSSR count). The van der Waals surface area contributed by atoms with Crippen molar-refractivity contribution < 1.29 is 14.9 Å². The van der Waals surface area contributed by atoms with Gasteiger partial charge in [-0.3, -0.25) is 4.90 Å². The lowest BCUT2D eigenvalue weighted by Crippen LogP contribution is -2.21. The predicted molar refractivity (Wildman–Crippen MR) is 62.7 cm³/mol. The van der Waals surface area contributed by atoms with Crippen LogP contribution in [0, 0.1) is 0 Å². The Morgan fingerprint density at radius 1 is 1.38 bits per heavy atom. The van der Waals surface area contributed by atoms with Crippen LogP contribution in [0.2, 0.25) is 0 Å². The lowest BCUT2D eigenvalue weighted by atomic mass is 10.2. The first-order valence-electron chi connectivity index (χ1n) is 5.41. The van der Waals surface area contributed by atoms with Gasteiger partial charge in [0.25, 0.3) is 0 Å². The van der Waals surface area contributed by atoms with Crippen molar-refractivity contribution in [1.82, 2.24) is 4.90 Å². The lowest BCUT2D eigenvalue weighted by Gasteiger charge is -2.16. The quantitative estimate of drug-likeness (QED) is 0.764. The molecule has 0 saturated carbocycles. The minimum atomic E-state index is 0.114. The molecule has 16 heavy (non-hydrogen) atoms. The second kappa shape index (κ2) is 6.35. The molecule has 4 heteroatoms. The third-order valence-electron chi connectivity index (χ3n) is 2.28. The fraction of sp³-hybridized carbons (Fsp3) is 0.500. The largest absolute Gasteiger partial charge is 0.508 e. The maximum absolute atomic E-state index is 9.68. The molecule has 0 aliphatic carbocycles. The van der Waals surface area contributed by atoms with Crippen molar-refractivity contribution in [1.29, 1.82) is 0 Å². The van der Waals surface area contributed by atoms with E-state index in [0.29, 0.717) is 19.7 Å². The lowest BCUT2D eigenvalue weighted by molar-refractivity contribution is 0.216. The van der Waals surface area contributed by atoms with Gasteiger partial charge in [-0.05, 0) is 32.2 Å². The van der Waals surface area contributed by atoms with Crippen molar-refractivity contribution in [2.24, 2.45) is 0 Å². The molecule has 0 radical (unpaired) electrons. The summed E-state index contributed by atoms with van der Waals surface area (Å²) >= 11 is 0. The van der Waals surface area contributed by atoms with Gasteiger partial charge in [0.2, 0.25) is 0 Å². The van der Waals surface area contributed by atoms with Gasteiger partial charge in [0, 0.05) is 18.7 Å². The molecule has 0 heterocycles. The van der Waals surface area contributed by atoms with E-state index < -0.39 is 0 Å². The van der Waals surface area contributed by atoms with Gasteiger partial charge in [-0.2, -0.15) is 0 Å². The zero-order valence-electron chi connectivity index (χ0n) is 9.81. The molecule has 1 aromatic rings. The first-order chi connectivity index (χ1) is 7.67. The van der Waals surface area contributed by atoms with Crippen LogP contribution in [-0.4, -0.2) is 41.9 Å². The Hall–Kier alpha value is -1.26. The Morgan fingerprint density at radius 2 is 2.12 bits per heavy atom. The van der Waals surface area contributed by atoms with Gasteiger partial charge in [0.1, 0.15) is 11.5 Å². The number of benzene rings is 1. The maximum Gasteiger partial charge on any atom is 0.120 e. The van der Waals surface area contributed by atoms with E-state index in [0.717, 1.165) is 11.3 Å². The van der Waals surface area contributed by atoms with E-state index in [1.807, 2.05) is 24.9 Å². The Labute approximate surface area is 96.1 Å². The van der Waals surface area contributed by atoms with E-state index >= 15 is 0 Å². The summed E-state index contributed by atoms with van der Waals surface area (Å²) in [6.45, 7) is 3.81. The number of aromatic hydroxyl groups is 1. The van der Waals surface area contributed by atoms with Crippen molar-refractivity contribution in [2.45, 2.75) is 13.5 Å². The normalized spacial score (nSPS) is 10.8. The Balaban J connectivity index is 2.73. The molecular weight excluding hydrogens is 206 g/mol. The standard InChI is InChI=1S/C12H19NO3/c1-3-16-11-4-5-12(15)10(8-11)9-13(2)6-7-14/h4-5,8,14-15H,3,6-7,9H2,1-2H3. The summed E-state index contributed by atoms with van der Waals surface area (Å²) in [4.78, 5) is 1.94. The van der Waals surface area contributed by atoms with Crippen LogP contribution >= 0.6 is 0 Å². The van der Waals surface area contributed by atoms with Crippen molar-refractivity contribution in [2.75, 3.05) is 26.8 Å². The summed E-state index contributed by atoms with van der Waals surface area (Å²) in [7, 11) is 1.89. The van der Waals surface area contributed by atoms with Gasteiger partial charge < -0.3 is 14.9 Å². The minimum absolute atomic E-state index is 0.114. The summed E-state index contributed by atoms with van der Waals surface area (Å²) in [5.74, 6) is 1.01. The number of aliphatic hydroxyl groups is 1. The summed E-state index contributed by atoms with van der Waals surface area (Å²) in [5.41, 5.74) is 0.807. The van der Waals surface area contributed by atoms with Gasteiger partial charge in [0.05, 0.1) is 13.2 Å². The van der Waals surface area contributed by atoms with Crippen LogP contribution in [0.15, 0.2) is 18.2 Å². The van der Waals surface area contributed by atoms with Crippen LogP contribution in [-0.2, 0) is 6.54 Å². The molecule has 0 unspecified atom stereocenters. The molecular formula is C12H19NO3. The van der Waals surface area contributed by atoms with Crippen LogP contribution in [0.1, 0.15) is 12.5 Å². The highest BCUT2D eigenvalue weighted by atomic mass is 16.5. The number of phenols is 1. The Bertz CT molecular complexity index is 328. The van der Waals surface area contributed by atoms with E-state index in [-0.39, 0.29) is 12.4 Å². The molecule has 0 aliphatic rings. The average Bonchev–Trinajstić information content (AvgIpc) is 2.24. The number of hydrogen-bond donors (Lipinski definition) is 2. The molecule has 1 aromatic carbocycles. The van der Waals surface area contributed by atoms with Crippen molar-refractivity contribution in [3.8, 4) is 11.5 Å². The molecule has 2 N–H and O–H groups in total. The van der Waals surface area contributed by atoms with E-state index in [1.165, 1.54) is 0 Å². The molecule has 0 saturated heterocycles. The maximum atomic E-state index is 9.68. The summed E-state index contributed by atoms with van der Waals surface area (Å²) in [6.07, 6.45) is 0. The van der Waals surface area contributed by atoms with Crippen LogP contribution in [0.4, 0.5) is 0 Å². The molecule has 0 atom stereocenters. The van der Waals surface area contributed by atoms with Crippen molar-refractivity contribution in [3.05, 3.63) is 23.8 Å². The average molecular weight is 225 g/mol. The van der Waals surface area contributed by atoms with Crippen molar-refractivity contribution in [3.63, 3.8) is 0 Å². The van der Waals surface area contributed by atoms with Crippen LogP contribution in [0.25, 0.3) is 0 Å². The fourth-order valence-corrected chi connectivity index (χ4v) is 1.49. The molecule has 0 bridgehead atoms. The number of nitrogens with zero attached hydrogens (tertiary/aromatic N) is 1. The van der Waals surface area contributed by atoms with Gasteiger partial charge in [-0.25, -0.2) is 0 Å². The monoisotopic (exact) mass is 225 g/mol. The van der Waals surface area contributed by atoms with Gasteiger partial charge >= 0.3 is 0 Å². The van der Waals surface area contributed by atoms with Crippen LogP contribution < -0.4 is 4.74 Å². The van der Waals surface area contributed by atoms with E-state index in [9.17, 15) is 5.11 Å². The zero-order chi connectivity index (χ0) is 12.0. The molecule has 90 valence electrons. The predicted octanol–water partition coefficient (Wildman–Crippen LogP) is 1.21. The highest BCUT2D eigenvalue weighted by molar-refractivity contribution is 5.39. The Morgan fingerprint density at radius 3 is 2.75 bits per heavy atom. The molecule has 0 aliphatic heterocycles. The second-order valence-electron chi connectivity index (χ2n) is 3.68. The highest BCUT2D eigenvalue weighted by Crippen LogP contribution is 2.24. The number of rotatable bonds is 6. The number of hydrogen-bond acceptors (Lipinski definition) is 4. The number of ether oxygens (including phenoxy) is 1. The Kier molecular flexibility index (Phi) is 5.08. The third kappa shape index (κ3) is 3.72.